The molecule has 1 aromatic heterocycles. The molecule has 0 unspecified atom stereocenters. The minimum absolute atomic E-state index is 0.222. The van der Waals surface area contributed by atoms with E-state index >= 15 is 0 Å². The first-order valence-electron chi connectivity index (χ1n) is 10.1. The number of rotatable bonds is 5. The Morgan fingerprint density at radius 1 is 1.27 bits per heavy atom. The molecule has 0 aliphatic carbocycles. The predicted molar refractivity (Wildman–Crippen MR) is 133 cm³/mol. The minimum atomic E-state index is -0.665. The van der Waals surface area contributed by atoms with E-state index in [0.717, 1.165) is 15.6 Å². The smallest absolute Gasteiger partial charge is 0.338 e. The first-order chi connectivity index (χ1) is 15.8. The van der Waals surface area contributed by atoms with Gasteiger partial charge in [-0.15, -0.1) is 0 Å². The summed E-state index contributed by atoms with van der Waals surface area (Å²) in [6.45, 7) is 3.72. The number of ether oxygens (including phenoxy) is 2. The summed E-state index contributed by atoms with van der Waals surface area (Å²) >= 11 is 10.8. The maximum atomic E-state index is 13.6. The molecule has 0 amide bonds. The van der Waals surface area contributed by atoms with Crippen LogP contribution in [0, 0.1) is 0 Å². The largest absolute Gasteiger partial charge is 0.496 e. The first-order valence-corrected chi connectivity index (χ1v) is 12.1. The highest BCUT2D eigenvalue weighted by Gasteiger charge is 2.33. The van der Waals surface area contributed by atoms with Gasteiger partial charge in [0.25, 0.3) is 5.56 Å². The summed E-state index contributed by atoms with van der Waals surface area (Å²) in [4.78, 5) is 31.5. The normalized spacial score (nSPS) is 15.8. The summed E-state index contributed by atoms with van der Waals surface area (Å²) in [7, 11) is 1.60. The first kappa shape index (κ1) is 23.5. The van der Waals surface area contributed by atoms with Gasteiger partial charge in [0.15, 0.2) is 4.80 Å². The molecule has 0 saturated heterocycles. The van der Waals surface area contributed by atoms with E-state index in [1.807, 2.05) is 30.3 Å². The second-order valence-corrected chi connectivity index (χ2v) is 9.55. The van der Waals surface area contributed by atoms with Crippen molar-refractivity contribution in [3.8, 4) is 5.75 Å². The predicted octanol–water partition coefficient (Wildman–Crippen LogP) is 4.22. The van der Waals surface area contributed by atoms with Crippen LogP contribution in [-0.4, -0.2) is 24.3 Å². The summed E-state index contributed by atoms with van der Waals surface area (Å²) in [5.41, 5.74) is 2.20. The summed E-state index contributed by atoms with van der Waals surface area (Å²) in [5.74, 6) is 0.207. The molecule has 9 heteroatoms. The van der Waals surface area contributed by atoms with E-state index in [9.17, 15) is 9.59 Å². The molecule has 2 heterocycles. The molecular formula is C24H20BrClN2O4S. The monoisotopic (exact) mass is 546 g/mol. The number of benzene rings is 2. The fraction of sp³-hybridized carbons (Fsp3) is 0.208. The Hall–Kier alpha value is -2.68. The van der Waals surface area contributed by atoms with Crippen molar-refractivity contribution in [3.63, 3.8) is 0 Å². The van der Waals surface area contributed by atoms with Crippen LogP contribution in [0.2, 0.25) is 5.02 Å². The minimum Gasteiger partial charge on any atom is -0.496 e. The molecule has 0 fully saturated rings. The number of nitrogens with zero attached hydrogens (tertiary/aromatic N) is 2. The molecule has 3 aromatic rings. The Kier molecular flexibility index (Phi) is 6.88. The molecule has 33 heavy (non-hydrogen) atoms. The number of allylic oxidation sites excluding steroid dienone is 1. The average Bonchev–Trinajstić information content (AvgIpc) is 3.08. The van der Waals surface area contributed by atoms with Gasteiger partial charge in [0, 0.05) is 5.02 Å². The highest BCUT2D eigenvalue weighted by molar-refractivity contribution is 9.10. The standard InChI is InChI=1S/C24H20BrClN2O4S/c1-4-32-23(30)20-13(2)27-24-28(21(20)15-6-8-16(26)9-7-15)22(29)19(33-24)12-14-5-10-18(31-3)17(25)11-14/h5-12,21H,4H2,1-3H3/b19-12-/t21-/m0/s1. The third-order valence-electron chi connectivity index (χ3n) is 5.18. The number of fused-ring (bicyclic) bond motifs is 1. The van der Waals surface area contributed by atoms with Gasteiger partial charge >= 0.3 is 5.97 Å². The van der Waals surface area contributed by atoms with Crippen molar-refractivity contribution in [1.82, 2.24) is 4.57 Å². The van der Waals surface area contributed by atoms with Gasteiger partial charge in [-0.3, -0.25) is 9.36 Å². The van der Waals surface area contributed by atoms with Crippen molar-refractivity contribution >= 4 is 50.9 Å². The number of aromatic nitrogens is 1. The summed E-state index contributed by atoms with van der Waals surface area (Å²) < 4.78 is 13.4. The molecule has 0 radical (unpaired) electrons. The third-order valence-corrected chi connectivity index (χ3v) is 7.03. The average molecular weight is 548 g/mol. The van der Waals surface area contributed by atoms with E-state index in [1.165, 1.54) is 11.3 Å². The lowest BCUT2D eigenvalue weighted by molar-refractivity contribution is -0.139. The van der Waals surface area contributed by atoms with E-state index in [-0.39, 0.29) is 12.2 Å². The van der Waals surface area contributed by atoms with Gasteiger partial charge in [-0.2, -0.15) is 0 Å². The van der Waals surface area contributed by atoms with E-state index in [4.69, 9.17) is 21.1 Å². The van der Waals surface area contributed by atoms with E-state index in [1.54, 1.807) is 43.7 Å². The van der Waals surface area contributed by atoms with Crippen LogP contribution in [-0.2, 0) is 9.53 Å². The quantitative estimate of drug-likeness (QED) is 0.449. The SMILES string of the molecule is CCOC(=O)C1=C(C)N=c2s/c(=C\c3ccc(OC)c(Br)c3)c(=O)n2[C@H]1c1ccc(Cl)cc1. The van der Waals surface area contributed by atoms with Gasteiger partial charge in [0.1, 0.15) is 5.75 Å². The maximum absolute atomic E-state index is 13.6. The molecule has 2 aromatic carbocycles. The van der Waals surface area contributed by atoms with Gasteiger partial charge < -0.3 is 9.47 Å². The lowest BCUT2D eigenvalue weighted by Gasteiger charge is -2.24. The Morgan fingerprint density at radius 2 is 2.00 bits per heavy atom. The van der Waals surface area contributed by atoms with Gasteiger partial charge in [-0.1, -0.05) is 41.1 Å². The van der Waals surface area contributed by atoms with Gasteiger partial charge in [-0.25, -0.2) is 9.79 Å². The molecule has 0 saturated carbocycles. The molecule has 0 N–H and O–H groups in total. The number of hydrogen-bond donors (Lipinski definition) is 0. The van der Waals surface area contributed by atoms with Gasteiger partial charge in [0.05, 0.1) is 40.0 Å². The third kappa shape index (κ3) is 4.55. The van der Waals surface area contributed by atoms with Crippen LogP contribution in [0.15, 0.2) is 68.0 Å². The van der Waals surface area contributed by atoms with Crippen molar-refractivity contribution in [2.24, 2.45) is 4.99 Å². The second-order valence-electron chi connectivity index (χ2n) is 7.25. The topological polar surface area (TPSA) is 69.9 Å². The fourth-order valence-corrected chi connectivity index (χ4v) is 5.41. The molecule has 0 bridgehead atoms. The lowest BCUT2D eigenvalue weighted by atomic mass is 9.96. The number of hydrogen-bond acceptors (Lipinski definition) is 6. The van der Waals surface area contributed by atoms with Crippen LogP contribution in [0.1, 0.15) is 31.0 Å². The van der Waals surface area contributed by atoms with E-state index in [0.29, 0.717) is 31.4 Å². The summed E-state index contributed by atoms with van der Waals surface area (Å²) in [5, 5.41) is 0.564. The van der Waals surface area contributed by atoms with Crippen molar-refractivity contribution in [1.29, 1.82) is 0 Å². The summed E-state index contributed by atoms with van der Waals surface area (Å²) in [6, 6.07) is 12.0. The van der Waals surface area contributed by atoms with Crippen LogP contribution in [0.25, 0.3) is 6.08 Å². The molecular weight excluding hydrogens is 528 g/mol. The van der Waals surface area contributed by atoms with Crippen molar-refractivity contribution < 1.29 is 14.3 Å². The molecule has 0 spiro atoms. The Morgan fingerprint density at radius 3 is 2.64 bits per heavy atom. The molecule has 170 valence electrons. The second kappa shape index (κ2) is 9.67. The molecule has 1 aliphatic heterocycles. The van der Waals surface area contributed by atoms with Crippen LogP contribution in [0.5, 0.6) is 5.75 Å². The van der Waals surface area contributed by atoms with E-state index < -0.39 is 12.0 Å². The van der Waals surface area contributed by atoms with Crippen LogP contribution >= 0.6 is 38.9 Å². The Balaban J connectivity index is 1.93. The zero-order valence-electron chi connectivity index (χ0n) is 18.1. The zero-order chi connectivity index (χ0) is 23.7. The highest BCUT2D eigenvalue weighted by atomic mass is 79.9. The Bertz CT molecular complexity index is 1440. The number of carbonyl (C=O) groups excluding carboxylic acids is 1. The number of carbonyl (C=O) groups is 1. The molecule has 4 rings (SSSR count). The van der Waals surface area contributed by atoms with Crippen molar-refractivity contribution in [3.05, 3.63) is 94.0 Å². The van der Waals surface area contributed by atoms with Gasteiger partial charge in [0.2, 0.25) is 0 Å². The number of halogens is 2. The molecule has 6 nitrogen and oxygen atoms in total. The lowest BCUT2D eigenvalue weighted by Crippen LogP contribution is -2.39. The van der Waals surface area contributed by atoms with Crippen molar-refractivity contribution in [2.45, 2.75) is 19.9 Å². The Labute approximate surface area is 207 Å². The van der Waals surface area contributed by atoms with Gasteiger partial charge in [-0.05, 0) is 71.2 Å². The van der Waals surface area contributed by atoms with Crippen LogP contribution in [0.4, 0.5) is 0 Å². The van der Waals surface area contributed by atoms with Crippen LogP contribution in [0.3, 0.4) is 0 Å². The fourth-order valence-electron chi connectivity index (χ4n) is 3.68. The van der Waals surface area contributed by atoms with Crippen molar-refractivity contribution in [2.75, 3.05) is 13.7 Å². The number of thiazole rings is 1. The zero-order valence-corrected chi connectivity index (χ0v) is 21.3. The van der Waals surface area contributed by atoms with Crippen LogP contribution < -0.4 is 19.6 Å². The summed E-state index contributed by atoms with van der Waals surface area (Å²) in [6.07, 6.45) is 1.80. The number of methoxy groups -OCH3 is 1. The van der Waals surface area contributed by atoms with E-state index in [2.05, 4.69) is 20.9 Å². The highest BCUT2D eigenvalue weighted by Crippen LogP contribution is 2.31. The molecule has 1 aliphatic rings. The maximum Gasteiger partial charge on any atom is 0.338 e. The molecule has 1 atom stereocenters. The number of esters is 1.